The fourth-order valence-electron chi connectivity index (χ4n) is 0.952. The topological polar surface area (TPSA) is 52.9 Å². The number of carbonyl (C=O) groups excluding carboxylic acids is 1. The van der Waals surface area contributed by atoms with Crippen molar-refractivity contribution >= 4 is 22.2 Å². The number of nitrogens with zero attached hydrogens (tertiary/aromatic N) is 1. The third-order valence-electron chi connectivity index (χ3n) is 1.54. The van der Waals surface area contributed by atoms with Crippen LogP contribution in [0.3, 0.4) is 0 Å². The fraction of sp³-hybridized carbons (Fsp3) is 0.538. The van der Waals surface area contributed by atoms with E-state index in [9.17, 15) is 4.79 Å². The molecular weight excluding hydrogens is 232 g/mol. The second kappa shape index (κ2) is 11.2. The highest BCUT2D eigenvalue weighted by Gasteiger charge is 2.08. The summed E-state index contributed by atoms with van der Waals surface area (Å²) in [5, 5.41) is 12.0. The monoisotopic (exact) mass is 254 g/mol. The Labute approximate surface area is 108 Å². The maximum absolute atomic E-state index is 10.8. The van der Waals surface area contributed by atoms with Crippen molar-refractivity contribution in [3.8, 4) is 6.07 Å². The van der Waals surface area contributed by atoms with Crippen LogP contribution in [0.2, 0.25) is 0 Å². The van der Waals surface area contributed by atoms with E-state index in [1.165, 1.54) is 18.3 Å². The number of amides is 1. The number of hydrogen-bond donors (Lipinski definition) is 1. The molecule has 1 heterocycles. The van der Waals surface area contributed by atoms with E-state index in [1.54, 1.807) is 0 Å². The van der Waals surface area contributed by atoms with Gasteiger partial charge in [-0.2, -0.15) is 5.26 Å². The van der Waals surface area contributed by atoms with Gasteiger partial charge in [-0.05, 0) is 12.5 Å². The Morgan fingerprint density at radius 1 is 1.41 bits per heavy atom. The number of nitrogens with one attached hydrogen (secondary N) is 1. The smallest absolute Gasteiger partial charge is 0.221 e. The lowest BCUT2D eigenvalue weighted by molar-refractivity contribution is -0.114. The van der Waals surface area contributed by atoms with Crippen LogP contribution in [0.5, 0.6) is 0 Å². The lowest BCUT2D eigenvalue weighted by atomic mass is 10.3. The van der Waals surface area contributed by atoms with E-state index in [2.05, 4.69) is 11.4 Å². The molecule has 17 heavy (non-hydrogen) atoms. The summed E-state index contributed by atoms with van der Waals surface area (Å²) in [7, 11) is 0. The van der Waals surface area contributed by atoms with Crippen LogP contribution in [0.15, 0.2) is 6.07 Å². The van der Waals surface area contributed by atoms with Gasteiger partial charge < -0.3 is 5.32 Å². The maximum Gasteiger partial charge on any atom is 0.221 e. The first kappa shape index (κ1) is 18.0. The van der Waals surface area contributed by atoms with Crippen LogP contribution in [-0.4, -0.2) is 5.91 Å². The number of aryl methyl sites for hydroxylation is 1. The third kappa shape index (κ3) is 6.75. The number of hydrogen-bond acceptors (Lipinski definition) is 3. The molecular formula is C13H22N2OS. The van der Waals surface area contributed by atoms with Gasteiger partial charge in [0.15, 0.2) is 0 Å². The normalized spacial score (nSPS) is 7.82. The van der Waals surface area contributed by atoms with Gasteiger partial charge in [-0.15, -0.1) is 11.3 Å². The molecule has 0 spiro atoms. The first-order valence-electron chi connectivity index (χ1n) is 5.97. The molecule has 0 aromatic carbocycles. The van der Waals surface area contributed by atoms with Crippen LogP contribution in [-0.2, 0) is 11.2 Å². The van der Waals surface area contributed by atoms with Crippen LogP contribution >= 0.6 is 11.3 Å². The molecule has 1 N–H and O–H groups in total. The number of anilines is 1. The molecule has 0 atom stereocenters. The molecule has 0 saturated carbocycles. The molecule has 3 nitrogen and oxygen atoms in total. The van der Waals surface area contributed by atoms with Crippen LogP contribution in [0, 0.1) is 11.3 Å². The van der Waals surface area contributed by atoms with E-state index in [4.69, 9.17) is 5.26 Å². The summed E-state index contributed by atoms with van der Waals surface area (Å²) in [5.41, 5.74) is 0.553. The molecule has 1 aromatic rings. The minimum Gasteiger partial charge on any atom is -0.317 e. The van der Waals surface area contributed by atoms with E-state index >= 15 is 0 Å². The van der Waals surface area contributed by atoms with Crippen LogP contribution in [0.4, 0.5) is 5.00 Å². The SMILES string of the molecule is CC.CC.CCc1cc(C#N)c(NC(C)=O)s1. The standard InChI is InChI=1S/C9H10N2OS.2C2H6/c1-3-8-4-7(5-10)9(13-8)11-6(2)12;2*1-2/h4H,3H2,1-2H3,(H,11,12);2*1-2H3. The highest BCUT2D eigenvalue weighted by molar-refractivity contribution is 7.16. The number of carbonyl (C=O) groups is 1. The maximum atomic E-state index is 10.8. The molecule has 0 aliphatic carbocycles. The number of thiophene rings is 1. The van der Waals surface area contributed by atoms with Gasteiger partial charge in [0.25, 0.3) is 0 Å². The van der Waals surface area contributed by atoms with Crippen molar-refractivity contribution in [3.63, 3.8) is 0 Å². The van der Waals surface area contributed by atoms with Crippen molar-refractivity contribution in [1.82, 2.24) is 0 Å². The molecule has 4 heteroatoms. The van der Waals surface area contributed by atoms with Crippen LogP contribution in [0.1, 0.15) is 52.0 Å². The summed E-state index contributed by atoms with van der Waals surface area (Å²) in [6, 6.07) is 3.87. The number of rotatable bonds is 2. The number of nitriles is 1. The molecule has 1 amide bonds. The van der Waals surface area contributed by atoms with E-state index in [0.717, 1.165) is 11.3 Å². The Hall–Kier alpha value is -1.34. The van der Waals surface area contributed by atoms with Crippen molar-refractivity contribution in [1.29, 1.82) is 5.26 Å². The lowest BCUT2D eigenvalue weighted by Crippen LogP contribution is -2.04. The Morgan fingerprint density at radius 2 is 1.94 bits per heavy atom. The quantitative estimate of drug-likeness (QED) is 0.860. The van der Waals surface area contributed by atoms with Gasteiger partial charge in [-0.3, -0.25) is 4.79 Å². The van der Waals surface area contributed by atoms with E-state index < -0.39 is 0 Å². The zero-order valence-electron chi connectivity index (χ0n) is 11.5. The Morgan fingerprint density at radius 3 is 2.29 bits per heavy atom. The molecule has 0 fully saturated rings. The summed E-state index contributed by atoms with van der Waals surface area (Å²) >= 11 is 1.46. The predicted molar refractivity (Wildman–Crippen MR) is 75.4 cm³/mol. The second-order valence-electron chi connectivity index (χ2n) is 2.60. The van der Waals surface area contributed by atoms with Crippen LogP contribution < -0.4 is 5.32 Å². The predicted octanol–water partition coefficient (Wildman–Crippen LogP) is 4.19. The van der Waals surface area contributed by atoms with Gasteiger partial charge in [0.05, 0.1) is 5.56 Å². The first-order valence-corrected chi connectivity index (χ1v) is 6.79. The third-order valence-corrected chi connectivity index (χ3v) is 2.74. The summed E-state index contributed by atoms with van der Waals surface area (Å²) in [5.74, 6) is -0.138. The highest BCUT2D eigenvalue weighted by atomic mass is 32.1. The second-order valence-corrected chi connectivity index (χ2v) is 3.74. The zero-order chi connectivity index (χ0) is 13.8. The van der Waals surface area contributed by atoms with Gasteiger partial charge in [-0.1, -0.05) is 34.6 Å². The molecule has 0 unspecified atom stereocenters. The summed E-state index contributed by atoms with van der Waals surface area (Å²) < 4.78 is 0. The minimum atomic E-state index is -0.138. The fourth-order valence-corrected chi connectivity index (χ4v) is 1.94. The first-order chi connectivity index (χ1) is 8.17. The van der Waals surface area contributed by atoms with Gasteiger partial charge in [0.1, 0.15) is 11.1 Å². The molecule has 0 saturated heterocycles. The Bertz CT molecular complexity index is 364. The van der Waals surface area contributed by atoms with Crippen molar-refractivity contribution in [2.45, 2.75) is 48.0 Å². The Balaban J connectivity index is 0. The lowest BCUT2D eigenvalue weighted by Gasteiger charge is -1.95. The average Bonchev–Trinajstić information content (AvgIpc) is 2.75. The summed E-state index contributed by atoms with van der Waals surface area (Å²) in [6.45, 7) is 11.5. The largest absolute Gasteiger partial charge is 0.317 e. The molecule has 0 bridgehead atoms. The van der Waals surface area contributed by atoms with E-state index in [0.29, 0.717) is 10.6 Å². The Kier molecular flexibility index (Phi) is 11.8. The molecule has 0 radical (unpaired) electrons. The van der Waals surface area contributed by atoms with Crippen molar-refractivity contribution in [2.24, 2.45) is 0 Å². The highest BCUT2D eigenvalue weighted by Crippen LogP contribution is 2.27. The molecule has 0 aliphatic heterocycles. The van der Waals surface area contributed by atoms with Gasteiger partial charge in [-0.25, -0.2) is 0 Å². The molecule has 1 rings (SSSR count). The van der Waals surface area contributed by atoms with Gasteiger partial charge in [0.2, 0.25) is 5.91 Å². The molecule has 96 valence electrons. The van der Waals surface area contributed by atoms with Gasteiger partial charge >= 0.3 is 0 Å². The van der Waals surface area contributed by atoms with Crippen molar-refractivity contribution in [2.75, 3.05) is 5.32 Å². The van der Waals surface area contributed by atoms with E-state index in [1.807, 2.05) is 40.7 Å². The molecule has 0 aliphatic rings. The summed E-state index contributed by atoms with van der Waals surface area (Å²) in [4.78, 5) is 11.9. The summed E-state index contributed by atoms with van der Waals surface area (Å²) in [6.07, 6.45) is 0.888. The molecule has 1 aromatic heterocycles. The van der Waals surface area contributed by atoms with Crippen molar-refractivity contribution in [3.05, 3.63) is 16.5 Å². The minimum absolute atomic E-state index is 0.138. The van der Waals surface area contributed by atoms with E-state index in [-0.39, 0.29) is 5.91 Å². The van der Waals surface area contributed by atoms with Crippen LogP contribution in [0.25, 0.3) is 0 Å². The van der Waals surface area contributed by atoms with Gasteiger partial charge in [0, 0.05) is 11.8 Å². The zero-order valence-corrected chi connectivity index (χ0v) is 12.4. The van der Waals surface area contributed by atoms with Crippen molar-refractivity contribution < 1.29 is 4.79 Å². The average molecular weight is 254 g/mol.